The minimum Gasteiger partial charge on any atom is -0.368 e. The van der Waals surface area contributed by atoms with Crippen molar-refractivity contribution >= 4 is 16.7 Å². The molecule has 1 unspecified atom stereocenters. The second kappa shape index (κ2) is 9.09. The summed E-state index contributed by atoms with van der Waals surface area (Å²) < 4.78 is 1.62. The normalized spacial score (nSPS) is 17.7. The second-order valence-corrected chi connectivity index (χ2v) is 9.21. The number of nitrogens with zero attached hydrogens (tertiary/aromatic N) is 6. The van der Waals surface area contributed by atoms with E-state index in [2.05, 4.69) is 51.0 Å². The maximum atomic E-state index is 12.3. The number of nitrogens with one attached hydrogen (secondary N) is 1. The van der Waals surface area contributed by atoms with Crippen molar-refractivity contribution in [2.24, 2.45) is 0 Å². The Hall–Kier alpha value is -2.87. The highest BCUT2D eigenvalue weighted by molar-refractivity contribution is 5.87. The SMILES string of the molecule is CC(C)(C)c1ccc(=O)n(CCN2CCCCC2CNc2ncnc3cnccc23)n1. The van der Waals surface area contributed by atoms with Crippen LogP contribution in [0.2, 0.25) is 0 Å². The van der Waals surface area contributed by atoms with Gasteiger partial charge in [-0.25, -0.2) is 14.6 Å². The van der Waals surface area contributed by atoms with Crippen molar-refractivity contribution in [2.75, 3.05) is 25.0 Å². The highest BCUT2D eigenvalue weighted by atomic mass is 16.1. The molecule has 0 amide bonds. The zero-order chi connectivity index (χ0) is 21.8. The van der Waals surface area contributed by atoms with Gasteiger partial charge in [-0.3, -0.25) is 14.7 Å². The number of hydrogen-bond acceptors (Lipinski definition) is 7. The van der Waals surface area contributed by atoms with E-state index in [1.165, 1.54) is 12.8 Å². The van der Waals surface area contributed by atoms with Crippen molar-refractivity contribution < 1.29 is 0 Å². The average molecular weight is 422 g/mol. The van der Waals surface area contributed by atoms with E-state index in [1.54, 1.807) is 29.5 Å². The topological polar surface area (TPSA) is 88.8 Å². The standard InChI is InChI=1S/C23H31N7O/c1-23(2,3)20-7-8-21(31)30(28-20)13-12-29-11-5-4-6-17(29)14-25-22-18-9-10-24-15-19(18)26-16-27-22/h7-10,15-17H,4-6,11-14H2,1-3H3,(H,25,26,27). The van der Waals surface area contributed by atoms with Gasteiger partial charge in [0.1, 0.15) is 12.1 Å². The zero-order valence-corrected chi connectivity index (χ0v) is 18.6. The molecule has 3 aromatic heterocycles. The van der Waals surface area contributed by atoms with Crippen molar-refractivity contribution in [1.82, 2.24) is 29.6 Å². The number of pyridine rings is 1. The fourth-order valence-corrected chi connectivity index (χ4v) is 4.08. The molecule has 164 valence electrons. The van der Waals surface area contributed by atoms with Crippen molar-refractivity contribution in [3.8, 4) is 0 Å². The first-order chi connectivity index (χ1) is 14.9. The Balaban J connectivity index is 1.43. The highest BCUT2D eigenvalue weighted by Gasteiger charge is 2.23. The van der Waals surface area contributed by atoms with E-state index >= 15 is 0 Å². The van der Waals surface area contributed by atoms with E-state index in [1.807, 2.05) is 12.1 Å². The monoisotopic (exact) mass is 421 g/mol. The number of hydrogen-bond donors (Lipinski definition) is 1. The number of fused-ring (bicyclic) bond motifs is 1. The number of likely N-dealkylation sites (tertiary alicyclic amines) is 1. The lowest BCUT2D eigenvalue weighted by Crippen LogP contribution is -2.45. The molecule has 1 aliphatic rings. The summed E-state index contributed by atoms with van der Waals surface area (Å²) in [6.45, 7) is 9.59. The third-order valence-electron chi connectivity index (χ3n) is 5.93. The summed E-state index contributed by atoms with van der Waals surface area (Å²) in [5.74, 6) is 0.841. The van der Waals surface area contributed by atoms with Crippen LogP contribution in [-0.4, -0.2) is 55.3 Å². The van der Waals surface area contributed by atoms with Crippen molar-refractivity contribution in [3.63, 3.8) is 0 Å². The van der Waals surface area contributed by atoms with E-state index in [0.717, 1.165) is 48.5 Å². The van der Waals surface area contributed by atoms with Crippen LogP contribution in [-0.2, 0) is 12.0 Å². The summed E-state index contributed by atoms with van der Waals surface area (Å²) in [6, 6.07) is 5.81. The molecule has 1 fully saturated rings. The number of aromatic nitrogens is 5. The molecule has 1 aliphatic heterocycles. The summed E-state index contributed by atoms with van der Waals surface area (Å²) in [6.07, 6.45) is 8.62. The molecule has 8 nitrogen and oxygen atoms in total. The van der Waals surface area contributed by atoms with E-state index in [9.17, 15) is 4.79 Å². The lowest BCUT2D eigenvalue weighted by molar-refractivity contribution is 0.147. The van der Waals surface area contributed by atoms with Gasteiger partial charge in [-0.15, -0.1) is 0 Å². The van der Waals surface area contributed by atoms with Gasteiger partial charge in [0, 0.05) is 42.2 Å². The van der Waals surface area contributed by atoms with Gasteiger partial charge in [0.05, 0.1) is 24.0 Å². The van der Waals surface area contributed by atoms with Gasteiger partial charge in [0.2, 0.25) is 0 Å². The molecule has 4 heterocycles. The Bertz CT molecular complexity index is 1080. The fourth-order valence-electron chi connectivity index (χ4n) is 4.08. The minimum absolute atomic E-state index is 0.0410. The smallest absolute Gasteiger partial charge is 0.266 e. The molecule has 4 rings (SSSR count). The maximum absolute atomic E-state index is 12.3. The van der Waals surface area contributed by atoms with E-state index in [0.29, 0.717) is 12.6 Å². The van der Waals surface area contributed by atoms with Gasteiger partial charge >= 0.3 is 0 Å². The van der Waals surface area contributed by atoms with E-state index < -0.39 is 0 Å². The highest BCUT2D eigenvalue weighted by Crippen LogP contribution is 2.21. The molecule has 3 aromatic rings. The predicted octanol–water partition coefficient (Wildman–Crippen LogP) is 2.85. The van der Waals surface area contributed by atoms with Crippen LogP contribution in [0.3, 0.4) is 0 Å². The third-order valence-corrected chi connectivity index (χ3v) is 5.93. The van der Waals surface area contributed by atoms with Crippen LogP contribution in [0.1, 0.15) is 45.7 Å². The Morgan fingerprint density at radius 1 is 1.13 bits per heavy atom. The van der Waals surface area contributed by atoms with Crippen LogP contribution in [0.15, 0.2) is 41.7 Å². The molecule has 1 N–H and O–H groups in total. The number of piperidine rings is 1. The van der Waals surface area contributed by atoms with Gasteiger partial charge in [0.25, 0.3) is 5.56 Å². The lowest BCUT2D eigenvalue weighted by atomic mass is 9.92. The van der Waals surface area contributed by atoms with Crippen LogP contribution < -0.4 is 10.9 Å². The number of anilines is 1. The molecular formula is C23H31N7O. The fraction of sp³-hybridized carbons (Fsp3) is 0.522. The third kappa shape index (κ3) is 5.07. The summed E-state index contributed by atoms with van der Waals surface area (Å²) in [5.41, 5.74) is 1.66. The molecule has 1 atom stereocenters. The van der Waals surface area contributed by atoms with Crippen molar-refractivity contribution in [1.29, 1.82) is 0 Å². The first kappa shape index (κ1) is 21.4. The maximum Gasteiger partial charge on any atom is 0.266 e. The zero-order valence-electron chi connectivity index (χ0n) is 18.6. The largest absolute Gasteiger partial charge is 0.368 e. The molecule has 0 aliphatic carbocycles. The number of rotatable bonds is 6. The van der Waals surface area contributed by atoms with Crippen LogP contribution >= 0.6 is 0 Å². The lowest BCUT2D eigenvalue weighted by Gasteiger charge is -2.36. The van der Waals surface area contributed by atoms with Gasteiger partial charge in [0.15, 0.2) is 0 Å². The predicted molar refractivity (Wildman–Crippen MR) is 122 cm³/mol. The Morgan fingerprint density at radius 2 is 2.00 bits per heavy atom. The van der Waals surface area contributed by atoms with Crippen LogP contribution in [0.25, 0.3) is 10.9 Å². The minimum atomic E-state index is -0.0805. The molecule has 0 bridgehead atoms. The van der Waals surface area contributed by atoms with Gasteiger partial charge in [-0.2, -0.15) is 5.10 Å². The molecule has 0 saturated carbocycles. The summed E-state index contributed by atoms with van der Waals surface area (Å²) in [5, 5.41) is 9.12. The molecule has 0 radical (unpaired) electrons. The summed E-state index contributed by atoms with van der Waals surface area (Å²) in [4.78, 5) is 27.7. The molecule has 0 aromatic carbocycles. The Kier molecular flexibility index (Phi) is 6.27. The van der Waals surface area contributed by atoms with Crippen molar-refractivity contribution in [2.45, 2.75) is 58.0 Å². The van der Waals surface area contributed by atoms with E-state index in [4.69, 9.17) is 0 Å². The molecule has 8 heteroatoms. The van der Waals surface area contributed by atoms with Gasteiger partial charge in [-0.05, 0) is 31.5 Å². The van der Waals surface area contributed by atoms with Gasteiger partial charge in [-0.1, -0.05) is 27.2 Å². The molecule has 1 saturated heterocycles. The van der Waals surface area contributed by atoms with Crippen LogP contribution in [0.4, 0.5) is 5.82 Å². The first-order valence-corrected chi connectivity index (χ1v) is 11.0. The summed E-state index contributed by atoms with van der Waals surface area (Å²) >= 11 is 0. The molecular weight excluding hydrogens is 390 g/mol. The second-order valence-electron chi connectivity index (χ2n) is 9.21. The average Bonchev–Trinajstić information content (AvgIpc) is 2.77. The molecule has 0 spiro atoms. The molecule has 31 heavy (non-hydrogen) atoms. The van der Waals surface area contributed by atoms with Crippen LogP contribution in [0, 0.1) is 0 Å². The van der Waals surface area contributed by atoms with Crippen molar-refractivity contribution in [3.05, 3.63) is 53.0 Å². The Labute approximate surface area is 182 Å². The van der Waals surface area contributed by atoms with Gasteiger partial charge < -0.3 is 5.32 Å². The first-order valence-electron chi connectivity index (χ1n) is 11.0. The Morgan fingerprint density at radius 3 is 2.84 bits per heavy atom. The van der Waals surface area contributed by atoms with E-state index in [-0.39, 0.29) is 11.0 Å². The van der Waals surface area contributed by atoms with Crippen LogP contribution in [0.5, 0.6) is 0 Å². The quantitative estimate of drug-likeness (QED) is 0.655. The summed E-state index contributed by atoms with van der Waals surface area (Å²) in [7, 11) is 0.